The van der Waals surface area contributed by atoms with Gasteiger partial charge in [0, 0.05) is 25.7 Å². The molecular weight excluding hydrogens is 228 g/mol. The van der Waals surface area contributed by atoms with Crippen molar-refractivity contribution in [1.29, 1.82) is 0 Å². The lowest BCUT2D eigenvalue weighted by Gasteiger charge is -2.61. The van der Waals surface area contributed by atoms with E-state index in [1.54, 1.807) is 13.8 Å². The van der Waals surface area contributed by atoms with E-state index in [9.17, 15) is 9.59 Å². The highest BCUT2D eigenvalue weighted by Gasteiger charge is 2.58. The van der Waals surface area contributed by atoms with Crippen LogP contribution in [0.25, 0.3) is 0 Å². The summed E-state index contributed by atoms with van der Waals surface area (Å²) < 4.78 is 0. The van der Waals surface area contributed by atoms with Crippen molar-refractivity contribution in [2.75, 3.05) is 0 Å². The van der Waals surface area contributed by atoms with Crippen LogP contribution < -0.4 is 10.6 Å². The summed E-state index contributed by atoms with van der Waals surface area (Å²) in [6, 6.07) is 0. The minimum absolute atomic E-state index is 0.0313. The zero-order valence-electron chi connectivity index (χ0n) is 11.2. The Labute approximate surface area is 108 Å². The Bertz CT molecular complexity index is 345. The second kappa shape index (κ2) is 3.97. The van der Waals surface area contributed by atoms with Gasteiger partial charge in [-0.3, -0.25) is 9.59 Å². The number of nitrogens with one attached hydrogen (secondary N) is 2. The van der Waals surface area contributed by atoms with E-state index in [2.05, 4.69) is 10.6 Å². The van der Waals surface area contributed by atoms with Crippen LogP contribution in [0.15, 0.2) is 0 Å². The number of hydrogen-bond acceptors (Lipinski definition) is 2. The highest BCUT2D eigenvalue weighted by molar-refractivity contribution is 5.77. The molecule has 0 heterocycles. The lowest BCUT2D eigenvalue weighted by atomic mass is 9.51. The fraction of sp³-hybridized carbons (Fsp3) is 0.857. The fourth-order valence-electron chi connectivity index (χ4n) is 4.95. The summed E-state index contributed by atoms with van der Waals surface area (Å²) in [5, 5.41) is 6.20. The highest BCUT2D eigenvalue weighted by atomic mass is 16.2. The molecule has 0 aromatic heterocycles. The molecule has 2 amide bonds. The zero-order chi connectivity index (χ0) is 12.9. The Morgan fingerprint density at radius 2 is 1.22 bits per heavy atom. The van der Waals surface area contributed by atoms with Crippen molar-refractivity contribution in [2.24, 2.45) is 23.7 Å². The van der Waals surface area contributed by atoms with Crippen LogP contribution in [-0.2, 0) is 9.59 Å². The first kappa shape index (κ1) is 12.0. The highest BCUT2D eigenvalue weighted by Crippen LogP contribution is 2.57. The van der Waals surface area contributed by atoms with Crippen LogP contribution >= 0.6 is 0 Å². The zero-order valence-corrected chi connectivity index (χ0v) is 11.2. The monoisotopic (exact) mass is 250 g/mol. The van der Waals surface area contributed by atoms with Gasteiger partial charge in [-0.15, -0.1) is 0 Å². The molecular formula is C14H22N2O2. The third-order valence-electron chi connectivity index (χ3n) is 5.19. The van der Waals surface area contributed by atoms with Crippen LogP contribution in [0.3, 0.4) is 0 Å². The second-order valence-corrected chi connectivity index (χ2v) is 6.54. The maximum atomic E-state index is 11.6. The van der Waals surface area contributed by atoms with Crippen LogP contribution in [0.2, 0.25) is 0 Å². The van der Waals surface area contributed by atoms with Crippen LogP contribution in [0.1, 0.15) is 46.0 Å². The van der Waals surface area contributed by atoms with Gasteiger partial charge < -0.3 is 10.6 Å². The Kier molecular flexibility index (Phi) is 2.65. The molecule has 4 heteroatoms. The smallest absolute Gasteiger partial charge is 0.218 e. The summed E-state index contributed by atoms with van der Waals surface area (Å²) >= 11 is 0. The van der Waals surface area contributed by atoms with Gasteiger partial charge >= 0.3 is 0 Å². The molecule has 4 nitrogen and oxygen atoms in total. The first-order chi connectivity index (χ1) is 8.49. The molecule has 0 atom stereocenters. The average molecular weight is 250 g/mol. The van der Waals surface area contributed by atoms with Crippen LogP contribution in [0, 0.1) is 23.7 Å². The Morgan fingerprint density at radius 1 is 0.833 bits per heavy atom. The summed E-state index contributed by atoms with van der Waals surface area (Å²) in [5.41, 5.74) is -0.453. The van der Waals surface area contributed by atoms with Gasteiger partial charge in [0.15, 0.2) is 0 Å². The third kappa shape index (κ3) is 1.73. The Balaban J connectivity index is 1.92. The summed E-state index contributed by atoms with van der Waals surface area (Å²) in [6.45, 7) is 3.10. The Hall–Kier alpha value is -1.06. The van der Waals surface area contributed by atoms with Crippen LogP contribution in [0.4, 0.5) is 0 Å². The minimum Gasteiger partial charge on any atom is -0.333 e. The maximum Gasteiger partial charge on any atom is 0.218 e. The standard InChI is InChI=1S/C14H22N2O2/c1-8(17)15-14(16-9(2)18)12-4-10-3-11(6-12)7-13(14)5-10/h10-13H,3-7H2,1-2H3,(H,15,17)(H,16,18). The number of rotatable bonds is 2. The molecule has 4 rings (SSSR count). The largest absolute Gasteiger partial charge is 0.333 e. The maximum absolute atomic E-state index is 11.6. The van der Waals surface area contributed by atoms with E-state index in [0.29, 0.717) is 11.8 Å². The van der Waals surface area contributed by atoms with Gasteiger partial charge in [-0.1, -0.05) is 0 Å². The van der Waals surface area contributed by atoms with Crippen molar-refractivity contribution in [3.05, 3.63) is 0 Å². The predicted octanol–water partition coefficient (Wildman–Crippen LogP) is 1.41. The van der Waals surface area contributed by atoms with Gasteiger partial charge in [0.25, 0.3) is 0 Å². The molecule has 2 N–H and O–H groups in total. The molecule has 4 bridgehead atoms. The number of carbonyl (C=O) groups is 2. The fourth-order valence-corrected chi connectivity index (χ4v) is 4.95. The molecule has 0 radical (unpaired) electrons. The quantitative estimate of drug-likeness (QED) is 0.728. The molecule has 0 saturated heterocycles. The van der Waals surface area contributed by atoms with Gasteiger partial charge in [-0.2, -0.15) is 0 Å². The molecule has 0 aromatic rings. The van der Waals surface area contributed by atoms with E-state index in [4.69, 9.17) is 0 Å². The lowest BCUT2D eigenvalue weighted by Crippen LogP contribution is -2.73. The predicted molar refractivity (Wildman–Crippen MR) is 67.4 cm³/mol. The van der Waals surface area contributed by atoms with Gasteiger partial charge in [0.2, 0.25) is 11.8 Å². The second-order valence-electron chi connectivity index (χ2n) is 6.54. The Morgan fingerprint density at radius 3 is 1.56 bits per heavy atom. The topological polar surface area (TPSA) is 58.2 Å². The van der Waals surface area contributed by atoms with Crippen molar-refractivity contribution in [1.82, 2.24) is 10.6 Å². The average Bonchev–Trinajstić information content (AvgIpc) is 2.23. The number of amides is 2. The molecule has 0 spiro atoms. The first-order valence-electron chi connectivity index (χ1n) is 7.07. The molecule has 0 aromatic carbocycles. The van der Waals surface area contributed by atoms with Crippen molar-refractivity contribution < 1.29 is 9.59 Å². The summed E-state index contributed by atoms with van der Waals surface area (Å²) in [7, 11) is 0. The van der Waals surface area contributed by atoms with Gasteiger partial charge in [0.05, 0.1) is 0 Å². The molecule has 18 heavy (non-hydrogen) atoms. The molecule has 100 valence electrons. The minimum atomic E-state index is -0.453. The normalized spacial score (nSPS) is 39.4. The van der Waals surface area contributed by atoms with E-state index >= 15 is 0 Å². The number of hydrogen-bond donors (Lipinski definition) is 2. The van der Waals surface area contributed by atoms with Gasteiger partial charge in [-0.25, -0.2) is 0 Å². The van der Waals surface area contributed by atoms with E-state index in [1.165, 1.54) is 6.42 Å². The van der Waals surface area contributed by atoms with Crippen molar-refractivity contribution in [2.45, 2.75) is 51.6 Å². The first-order valence-corrected chi connectivity index (χ1v) is 7.07. The lowest BCUT2D eigenvalue weighted by molar-refractivity contribution is -0.141. The molecule has 4 aliphatic rings. The van der Waals surface area contributed by atoms with Crippen molar-refractivity contribution >= 4 is 11.8 Å². The van der Waals surface area contributed by atoms with Crippen molar-refractivity contribution in [3.63, 3.8) is 0 Å². The van der Waals surface area contributed by atoms with E-state index in [-0.39, 0.29) is 11.8 Å². The molecule has 4 saturated carbocycles. The van der Waals surface area contributed by atoms with Gasteiger partial charge in [0.1, 0.15) is 5.66 Å². The summed E-state index contributed by atoms with van der Waals surface area (Å²) in [4.78, 5) is 23.1. The summed E-state index contributed by atoms with van der Waals surface area (Å²) in [6.07, 6.45) is 6.01. The van der Waals surface area contributed by atoms with E-state index < -0.39 is 5.66 Å². The SMILES string of the molecule is CC(=O)NC1(NC(C)=O)C2CC3CC(C2)CC1C3. The van der Waals surface area contributed by atoms with Crippen LogP contribution in [-0.4, -0.2) is 17.5 Å². The molecule has 0 aliphatic heterocycles. The molecule has 4 aliphatic carbocycles. The molecule has 4 fully saturated rings. The molecule has 0 unspecified atom stereocenters. The summed E-state index contributed by atoms with van der Waals surface area (Å²) in [5.74, 6) is 2.45. The van der Waals surface area contributed by atoms with Gasteiger partial charge in [-0.05, 0) is 43.9 Å². The van der Waals surface area contributed by atoms with E-state index in [1.807, 2.05) is 0 Å². The van der Waals surface area contributed by atoms with Crippen LogP contribution in [0.5, 0.6) is 0 Å². The third-order valence-corrected chi connectivity index (χ3v) is 5.19. The number of carbonyl (C=O) groups excluding carboxylic acids is 2. The van der Waals surface area contributed by atoms with E-state index in [0.717, 1.165) is 37.5 Å². The van der Waals surface area contributed by atoms with Crippen molar-refractivity contribution in [3.8, 4) is 0 Å².